The molecular weight excluding hydrogens is 871 g/mol. The first kappa shape index (κ1) is 85.0. The fraction of sp³-hybridized carbons (Fsp3) is 0.424. The summed E-state index contributed by atoms with van der Waals surface area (Å²) >= 11 is 1.75. The molecule has 3 nitrogen and oxygen atoms in total. The molecule has 6 aromatic carbocycles. The Balaban J connectivity index is -0.0000000870. The highest BCUT2D eigenvalue weighted by Gasteiger charge is 2.01. The van der Waals surface area contributed by atoms with Gasteiger partial charge in [0.1, 0.15) is 0 Å². The van der Waals surface area contributed by atoms with Crippen LogP contribution in [-0.4, -0.2) is 52.0 Å². The summed E-state index contributed by atoms with van der Waals surface area (Å²) in [6.45, 7) is 46.5. The number of rotatable bonds is 0. The van der Waals surface area contributed by atoms with Gasteiger partial charge < -0.3 is 15.2 Å². The van der Waals surface area contributed by atoms with Crippen molar-refractivity contribution in [1.29, 1.82) is 0 Å². The SMILES string of the molecule is C/C=C\C.C=C(C)C.C=CC.CC.CC.CC.CC#CC.CC(C)O.CCC.CNC.COC.CSC.Cc1c2ccccc2cc2ccccc12.Cc1cccc2ccccc12.Cc1ccccc1. The molecule has 0 aliphatic carbocycles. The molecule has 0 saturated heterocycles. The van der Waals surface area contributed by atoms with Crippen LogP contribution >= 0.6 is 11.8 Å². The molecule has 0 amide bonds. The molecule has 0 radical (unpaired) electrons. The monoisotopic (exact) mass is 982 g/mol. The van der Waals surface area contributed by atoms with Gasteiger partial charge in [-0.2, -0.15) is 11.8 Å². The molecule has 70 heavy (non-hydrogen) atoms. The molecule has 0 aliphatic rings. The summed E-state index contributed by atoms with van der Waals surface area (Å²) in [5.74, 6) is 5.36. The van der Waals surface area contributed by atoms with Crippen molar-refractivity contribution in [3.8, 4) is 11.8 Å². The van der Waals surface area contributed by atoms with Gasteiger partial charge in [0, 0.05) is 20.3 Å². The minimum Gasteiger partial charge on any atom is -0.394 e. The molecule has 6 rings (SSSR count). The summed E-state index contributed by atoms with van der Waals surface area (Å²) < 4.78 is 4.25. The van der Waals surface area contributed by atoms with Crippen LogP contribution in [0.2, 0.25) is 0 Å². The molecule has 398 valence electrons. The highest BCUT2D eigenvalue weighted by molar-refractivity contribution is 7.97. The van der Waals surface area contributed by atoms with Crippen LogP contribution in [0.4, 0.5) is 0 Å². The van der Waals surface area contributed by atoms with E-state index in [-0.39, 0.29) is 6.10 Å². The first-order valence-electron chi connectivity index (χ1n) is 25.0. The number of allylic oxidation sites excluding steroid dienone is 4. The third-order valence-electron chi connectivity index (χ3n) is 6.57. The van der Waals surface area contributed by atoms with Crippen molar-refractivity contribution in [2.45, 2.75) is 151 Å². The van der Waals surface area contributed by atoms with Crippen LogP contribution in [0, 0.1) is 32.6 Å². The summed E-state index contributed by atoms with van der Waals surface area (Å²) in [6, 6.07) is 44.5. The highest BCUT2D eigenvalue weighted by atomic mass is 32.2. The molecule has 0 saturated carbocycles. The molecule has 0 fully saturated rings. The maximum absolute atomic E-state index is 8.06. The number of nitrogens with one attached hydrogen (secondary N) is 1. The molecule has 6 aromatic rings. The summed E-state index contributed by atoms with van der Waals surface area (Å²) in [7, 11) is 7.00. The lowest BCUT2D eigenvalue weighted by molar-refractivity contribution is 0.216. The van der Waals surface area contributed by atoms with E-state index in [1.165, 1.54) is 61.0 Å². The molecule has 0 heterocycles. The smallest absolute Gasteiger partial charge is 0.0483 e. The molecule has 0 bridgehead atoms. The first-order valence-corrected chi connectivity index (χ1v) is 26.6. The standard InChI is InChI=1S/C15H12.C11H10.C7H8.2C4H8.C4H6.C3H8O.C3H8.C3H6.C2H7N.C2H6O.C2H6S.3C2H6/c1-11-14-8-4-2-6-12(14)10-13-7-3-5-9-15(11)13;1-9-5-4-7-10-6-2-3-8-11(9)10;1-7-5-3-2-4-6-7;1-4(2)3;2*1-3-4-2;1-3(2)4;5*1-3-2;3*1-2/h2-10H,1H3;2-8H,1H3;2-6H,1H3;1H2,2-3H3;3-4H,1-2H3;1-2H3;3-4H,1-2H3;3H2,1-2H3;3H,1H2,2H3;3H,1-2H3;2*1-2H3;3*1-2H3/b;;;;4-3-;;;;;;;;;;. The van der Waals surface area contributed by atoms with E-state index in [1.807, 2.05) is 147 Å². The van der Waals surface area contributed by atoms with Crippen LogP contribution in [0.3, 0.4) is 0 Å². The third kappa shape index (κ3) is 67.4. The Morgan fingerprint density at radius 3 is 1.10 bits per heavy atom. The van der Waals surface area contributed by atoms with Crippen LogP contribution < -0.4 is 5.32 Å². The van der Waals surface area contributed by atoms with Crippen molar-refractivity contribution in [3.63, 3.8) is 0 Å². The second kappa shape index (κ2) is 75.6. The van der Waals surface area contributed by atoms with Gasteiger partial charge >= 0.3 is 0 Å². The van der Waals surface area contributed by atoms with E-state index in [0.29, 0.717) is 0 Å². The molecule has 2 N–H and O–H groups in total. The number of hydrogen-bond donors (Lipinski definition) is 2. The zero-order valence-electron chi connectivity index (χ0n) is 50.3. The fourth-order valence-corrected chi connectivity index (χ4v) is 4.16. The van der Waals surface area contributed by atoms with Crippen LogP contribution in [-0.2, 0) is 4.74 Å². The van der Waals surface area contributed by atoms with Gasteiger partial charge in [-0.3, -0.25) is 0 Å². The lowest BCUT2D eigenvalue weighted by atomic mass is 9.98. The van der Waals surface area contributed by atoms with Gasteiger partial charge in [-0.05, 0) is 159 Å². The molecule has 4 heteroatoms. The lowest BCUT2D eigenvalue weighted by Gasteiger charge is -2.06. The maximum atomic E-state index is 8.06. The van der Waals surface area contributed by atoms with Crippen molar-refractivity contribution in [1.82, 2.24) is 5.32 Å². The maximum Gasteiger partial charge on any atom is 0.0483 e. The number of thioether (sulfide) groups is 1. The molecule has 0 atom stereocenters. The number of benzene rings is 6. The van der Waals surface area contributed by atoms with E-state index < -0.39 is 0 Å². The third-order valence-corrected chi connectivity index (χ3v) is 6.57. The molecular formula is C66H111NO2S. The van der Waals surface area contributed by atoms with Gasteiger partial charge in [-0.15, -0.1) is 25.0 Å². The minimum atomic E-state index is -0.167. The van der Waals surface area contributed by atoms with Crippen LogP contribution in [0.5, 0.6) is 0 Å². The number of aryl methyl sites for hydroxylation is 3. The summed E-state index contributed by atoms with van der Waals surface area (Å²) in [6.07, 6.45) is 10.9. The minimum absolute atomic E-state index is 0.167. The Labute approximate surface area is 441 Å². The Bertz CT molecular complexity index is 1900. The van der Waals surface area contributed by atoms with Gasteiger partial charge in [-0.25, -0.2) is 0 Å². The average Bonchev–Trinajstić information content (AvgIpc) is 3.35. The van der Waals surface area contributed by atoms with Gasteiger partial charge in [0.15, 0.2) is 0 Å². The van der Waals surface area contributed by atoms with Crippen LogP contribution in [0.25, 0.3) is 32.3 Å². The first-order chi connectivity index (χ1) is 33.5. The predicted octanol–water partition coefficient (Wildman–Crippen LogP) is 20.8. The summed E-state index contributed by atoms with van der Waals surface area (Å²) in [5.41, 5.74) is 5.22. The van der Waals surface area contributed by atoms with Crippen LogP contribution in [0.1, 0.15) is 141 Å². The zero-order valence-corrected chi connectivity index (χ0v) is 51.1. The van der Waals surface area contributed by atoms with Gasteiger partial charge in [-0.1, -0.05) is 213 Å². The number of fused-ring (bicyclic) bond motifs is 3. The Morgan fingerprint density at radius 1 is 0.614 bits per heavy atom. The molecule has 0 aliphatic heterocycles. The Hall–Kier alpha value is -4.89. The fourth-order valence-electron chi connectivity index (χ4n) is 4.16. The summed E-state index contributed by atoms with van der Waals surface area (Å²) in [4.78, 5) is 0. The normalized spacial score (nSPS) is 7.94. The topological polar surface area (TPSA) is 41.5 Å². The van der Waals surface area contributed by atoms with Crippen molar-refractivity contribution < 1.29 is 9.84 Å². The number of ether oxygens (including phenoxy) is 1. The van der Waals surface area contributed by atoms with E-state index in [9.17, 15) is 0 Å². The van der Waals surface area contributed by atoms with Gasteiger partial charge in [0.2, 0.25) is 0 Å². The number of aliphatic hydroxyl groups is 1. The van der Waals surface area contributed by atoms with Crippen molar-refractivity contribution in [2.75, 3.05) is 40.8 Å². The quantitative estimate of drug-likeness (QED) is 0.0904. The number of hydrogen-bond acceptors (Lipinski definition) is 4. The van der Waals surface area contributed by atoms with E-state index in [1.54, 1.807) is 45.9 Å². The van der Waals surface area contributed by atoms with Gasteiger partial charge in [0.05, 0.1) is 0 Å². The van der Waals surface area contributed by atoms with Crippen molar-refractivity contribution in [2.24, 2.45) is 0 Å². The van der Waals surface area contributed by atoms with Crippen LogP contribution in [0.15, 0.2) is 164 Å². The molecule has 0 spiro atoms. The van der Waals surface area contributed by atoms with E-state index >= 15 is 0 Å². The molecule has 0 unspecified atom stereocenters. The van der Waals surface area contributed by atoms with Crippen molar-refractivity contribution in [3.05, 3.63) is 181 Å². The highest BCUT2D eigenvalue weighted by Crippen LogP contribution is 2.27. The second-order valence-electron chi connectivity index (χ2n) is 14.3. The average molecular weight is 983 g/mol. The van der Waals surface area contributed by atoms with E-state index in [0.717, 1.165) is 0 Å². The van der Waals surface area contributed by atoms with Crippen molar-refractivity contribution >= 4 is 44.1 Å². The Kier molecular flexibility index (Phi) is 91.8. The number of aliphatic hydroxyl groups excluding tert-OH is 1. The predicted molar refractivity (Wildman–Crippen MR) is 337 cm³/mol. The van der Waals surface area contributed by atoms with E-state index in [2.05, 4.69) is 179 Å². The summed E-state index contributed by atoms with van der Waals surface area (Å²) in [5, 5.41) is 18.9. The Morgan fingerprint density at radius 2 is 0.857 bits per heavy atom. The lowest BCUT2D eigenvalue weighted by Crippen LogP contribution is -1.89. The molecule has 0 aromatic heterocycles. The zero-order chi connectivity index (χ0) is 56.6. The largest absolute Gasteiger partial charge is 0.394 e. The van der Waals surface area contributed by atoms with E-state index in [4.69, 9.17) is 5.11 Å². The number of methoxy groups -OCH3 is 1. The van der Waals surface area contributed by atoms with Gasteiger partial charge in [0.25, 0.3) is 0 Å². The second-order valence-corrected chi connectivity index (χ2v) is 15.1.